The average molecular weight is 462 g/mol. The minimum Gasteiger partial charge on any atom is -0.486 e. The lowest BCUT2D eigenvalue weighted by Gasteiger charge is -2.09. The topological polar surface area (TPSA) is 122 Å². The van der Waals surface area contributed by atoms with E-state index >= 15 is 0 Å². The van der Waals surface area contributed by atoms with Crippen molar-refractivity contribution in [1.29, 1.82) is 0 Å². The lowest BCUT2D eigenvalue weighted by atomic mass is 10.1. The third kappa shape index (κ3) is 5.60. The molecular formula is C24H22N4O6. The molecule has 10 heteroatoms. The number of amides is 1. The van der Waals surface area contributed by atoms with Crippen molar-refractivity contribution in [3.8, 4) is 11.5 Å². The van der Waals surface area contributed by atoms with Crippen molar-refractivity contribution < 1.29 is 23.6 Å². The van der Waals surface area contributed by atoms with E-state index in [2.05, 4.69) is 10.4 Å². The van der Waals surface area contributed by atoms with Crippen LogP contribution in [0, 0.1) is 24.0 Å². The number of aromatic nitrogens is 2. The zero-order valence-electron chi connectivity index (χ0n) is 18.6. The molecule has 0 bridgehead atoms. The Bertz CT molecular complexity index is 1310. The summed E-state index contributed by atoms with van der Waals surface area (Å²) in [5.74, 6) is 1.33. The largest absolute Gasteiger partial charge is 0.486 e. The number of nitro benzene ring substituents is 1. The Kier molecular flexibility index (Phi) is 6.58. The van der Waals surface area contributed by atoms with Gasteiger partial charge >= 0.3 is 0 Å². The highest BCUT2D eigenvalue weighted by atomic mass is 16.6. The molecule has 10 nitrogen and oxygen atoms in total. The van der Waals surface area contributed by atoms with Gasteiger partial charge in [-0.1, -0.05) is 17.7 Å². The van der Waals surface area contributed by atoms with Gasteiger partial charge in [-0.05, 0) is 49.7 Å². The number of hydrogen-bond acceptors (Lipinski definition) is 7. The Hall–Kier alpha value is -4.60. The molecule has 0 spiro atoms. The molecule has 174 valence electrons. The summed E-state index contributed by atoms with van der Waals surface area (Å²) in [4.78, 5) is 22.7. The van der Waals surface area contributed by atoms with Crippen molar-refractivity contribution in [2.24, 2.45) is 0 Å². The lowest BCUT2D eigenvalue weighted by molar-refractivity contribution is -0.384. The minimum atomic E-state index is -0.483. The molecule has 0 aliphatic rings. The number of ether oxygens (including phenoxy) is 2. The summed E-state index contributed by atoms with van der Waals surface area (Å²) in [6, 6.07) is 14.8. The highest BCUT2D eigenvalue weighted by molar-refractivity contribution is 6.02. The first-order chi connectivity index (χ1) is 16.4. The predicted molar refractivity (Wildman–Crippen MR) is 123 cm³/mol. The number of anilines is 1. The monoisotopic (exact) mass is 462 g/mol. The fourth-order valence-electron chi connectivity index (χ4n) is 3.18. The number of carbonyl (C=O) groups is 1. The third-order valence-electron chi connectivity index (χ3n) is 4.89. The molecule has 2 aromatic carbocycles. The van der Waals surface area contributed by atoms with Crippen molar-refractivity contribution in [2.75, 3.05) is 5.32 Å². The van der Waals surface area contributed by atoms with Crippen LogP contribution < -0.4 is 14.8 Å². The van der Waals surface area contributed by atoms with Gasteiger partial charge in [0.05, 0.1) is 23.0 Å². The van der Waals surface area contributed by atoms with Gasteiger partial charge in [-0.3, -0.25) is 14.9 Å². The maximum absolute atomic E-state index is 12.5. The second-order valence-electron chi connectivity index (χ2n) is 7.57. The maximum atomic E-state index is 12.5. The van der Waals surface area contributed by atoms with Crippen molar-refractivity contribution in [3.63, 3.8) is 0 Å². The summed E-state index contributed by atoms with van der Waals surface area (Å²) in [6.07, 6.45) is 3.17. The van der Waals surface area contributed by atoms with Crippen LogP contribution in [0.25, 0.3) is 0 Å². The van der Waals surface area contributed by atoms with E-state index in [1.54, 1.807) is 16.9 Å². The van der Waals surface area contributed by atoms with Crippen LogP contribution in [0.2, 0.25) is 0 Å². The first-order valence-electron chi connectivity index (χ1n) is 10.4. The first-order valence-corrected chi connectivity index (χ1v) is 10.4. The standard InChI is InChI=1S/C24H22N4O6/c1-16-3-9-22(17(2)11-16)33-15-27-13-18(12-25-27)26-24(29)23-10-8-21(34-23)14-32-20-6-4-19(5-7-20)28(30)31/h3-13H,14-15H2,1-2H3,(H,26,29). The van der Waals surface area contributed by atoms with E-state index in [0.717, 1.165) is 16.9 Å². The second kappa shape index (κ2) is 9.90. The van der Waals surface area contributed by atoms with E-state index in [1.165, 1.54) is 36.5 Å². The van der Waals surface area contributed by atoms with Gasteiger partial charge in [-0.25, -0.2) is 4.68 Å². The fourth-order valence-corrected chi connectivity index (χ4v) is 3.18. The summed E-state index contributed by atoms with van der Waals surface area (Å²) in [5.41, 5.74) is 2.67. The molecular weight excluding hydrogens is 440 g/mol. The molecule has 0 unspecified atom stereocenters. The normalized spacial score (nSPS) is 10.6. The molecule has 0 aliphatic heterocycles. The predicted octanol–water partition coefficient (Wildman–Crippen LogP) is 4.87. The van der Waals surface area contributed by atoms with Crippen molar-refractivity contribution in [1.82, 2.24) is 9.78 Å². The maximum Gasteiger partial charge on any atom is 0.291 e. The van der Waals surface area contributed by atoms with Gasteiger partial charge in [-0.15, -0.1) is 0 Å². The summed E-state index contributed by atoms with van der Waals surface area (Å²) in [7, 11) is 0. The number of hydrogen-bond donors (Lipinski definition) is 1. The number of carbonyl (C=O) groups excluding carboxylic acids is 1. The molecule has 0 atom stereocenters. The molecule has 2 heterocycles. The zero-order chi connectivity index (χ0) is 24.1. The highest BCUT2D eigenvalue weighted by Gasteiger charge is 2.13. The Morgan fingerprint density at radius 2 is 1.91 bits per heavy atom. The van der Waals surface area contributed by atoms with Crippen molar-refractivity contribution in [2.45, 2.75) is 27.2 Å². The SMILES string of the molecule is Cc1ccc(OCn2cc(NC(=O)c3ccc(COc4ccc([N+](=O)[O-])cc4)o3)cn2)c(C)c1. The van der Waals surface area contributed by atoms with E-state index < -0.39 is 10.8 Å². The van der Waals surface area contributed by atoms with Gasteiger partial charge in [-0.2, -0.15) is 5.10 Å². The summed E-state index contributed by atoms with van der Waals surface area (Å²) >= 11 is 0. The molecule has 1 amide bonds. The van der Waals surface area contributed by atoms with Crippen LogP contribution in [-0.4, -0.2) is 20.6 Å². The Morgan fingerprint density at radius 1 is 1.12 bits per heavy atom. The number of rotatable bonds is 9. The van der Waals surface area contributed by atoms with Crippen LogP contribution in [0.4, 0.5) is 11.4 Å². The number of nitrogens with one attached hydrogen (secondary N) is 1. The van der Waals surface area contributed by atoms with Crippen LogP contribution >= 0.6 is 0 Å². The van der Waals surface area contributed by atoms with Crippen LogP contribution in [0.3, 0.4) is 0 Å². The number of non-ortho nitro benzene ring substituents is 1. The van der Waals surface area contributed by atoms with E-state index in [0.29, 0.717) is 17.2 Å². The molecule has 0 saturated carbocycles. The van der Waals surface area contributed by atoms with Crippen LogP contribution in [0.5, 0.6) is 11.5 Å². The molecule has 4 rings (SSSR count). The molecule has 0 radical (unpaired) electrons. The van der Waals surface area contributed by atoms with E-state index in [1.807, 2.05) is 32.0 Å². The van der Waals surface area contributed by atoms with E-state index in [-0.39, 0.29) is 24.8 Å². The van der Waals surface area contributed by atoms with Crippen molar-refractivity contribution >= 4 is 17.3 Å². The quantitative estimate of drug-likeness (QED) is 0.278. The molecule has 2 aromatic heterocycles. The summed E-state index contributed by atoms with van der Waals surface area (Å²) in [5, 5.41) is 17.6. The molecule has 1 N–H and O–H groups in total. The number of aryl methyl sites for hydroxylation is 2. The molecule has 0 aliphatic carbocycles. The lowest BCUT2D eigenvalue weighted by Crippen LogP contribution is -2.10. The van der Waals surface area contributed by atoms with Gasteiger partial charge in [0.25, 0.3) is 11.6 Å². The van der Waals surface area contributed by atoms with E-state index in [4.69, 9.17) is 13.9 Å². The number of nitro groups is 1. The van der Waals surface area contributed by atoms with Gasteiger partial charge in [0.2, 0.25) is 0 Å². The van der Waals surface area contributed by atoms with Gasteiger partial charge in [0.15, 0.2) is 12.5 Å². The van der Waals surface area contributed by atoms with Crippen molar-refractivity contribution in [3.05, 3.63) is 99.8 Å². The van der Waals surface area contributed by atoms with Gasteiger partial charge < -0.3 is 19.2 Å². The summed E-state index contributed by atoms with van der Waals surface area (Å²) in [6.45, 7) is 4.27. The Labute approximate surface area is 194 Å². The smallest absolute Gasteiger partial charge is 0.291 e. The highest BCUT2D eigenvalue weighted by Crippen LogP contribution is 2.21. The Morgan fingerprint density at radius 3 is 2.65 bits per heavy atom. The summed E-state index contributed by atoms with van der Waals surface area (Å²) < 4.78 is 18.4. The first kappa shape index (κ1) is 22.6. The second-order valence-corrected chi connectivity index (χ2v) is 7.57. The Balaban J connectivity index is 1.28. The molecule has 0 fully saturated rings. The minimum absolute atomic E-state index is 0.0237. The fraction of sp³-hybridized carbons (Fsp3) is 0.167. The third-order valence-corrected chi connectivity index (χ3v) is 4.89. The van der Waals surface area contributed by atoms with Crippen LogP contribution in [-0.2, 0) is 13.3 Å². The zero-order valence-corrected chi connectivity index (χ0v) is 18.6. The van der Waals surface area contributed by atoms with Crippen LogP contribution in [0.15, 0.2) is 71.4 Å². The molecule has 34 heavy (non-hydrogen) atoms. The van der Waals surface area contributed by atoms with Gasteiger partial charge in [0, 0.05) is 12.1 Å². The van der Waals surface area contributed by atoms with Crippen LogP contribution in [0.1, 0.15) is 27.4 Å². The van der Waals surface area contributed by atoms with E-state index in [9.17, 15) is 14.9 Å². The number of nitrogens with zero attached hydrogens (tertiary/aromatic N) is 3. The molecule has 0 saturated heterocycles. The number of benzene rings is 2. The van der Waals surface area contributed by atoms with Gasteiger partial charge in [0.1, 0.15) is 23.9 Å². The molecule has 4 aromatic rings. The number of furan rings is 1. The average Bonchev–Trinajstić information content (AvgIpc) is 3.47.